The number of anilines is 1. The van der Waals surface area contributed by atoms with Crippen molar-refractivity contribution in [3.8, 4) is 5.75 Å². The Morgan fingerprint density at radius 2 is 1.97 bits per heavy atom. The number of nitrogens with zero attached hydrogens (tertiary/aromatic N) is 2. The van der Waals surface area contributed by atoms with Crippen molar-refractivity contribution in [3.05, 3.63) is 46.4 Å². The maximum absolute atomic E-state index is 13.0. The molecule has 1 aliphatic rings. The monoisotopic (exact) mass is 569 g/mol. The van der Waals surface area contributed by atoms with Crippen LogP contribution in [0.15, 0.2) is 45.8 Å². The molecular weight excluding hydrogens is 550 g/mol. The number of benzene rings is 2. The van der Waals surface area contributed by atoms with Gasteiger partial charge in [0.25, 0.3) is 5.91 Å². The van der Waals surface area contributed by atoms with E-state index in [1.54, 1.807) is 25.3 Å². The number of morpholine rings is 1. The molecule has 34 heavy (non-hydrogen) atoms. The Morgan fingerprint density at radius 3 is 2.71 bits per heavy atom. The average molecular weight is 570 g/mol. The molecule has 4 rings (SSSR count). The lowest BCUT2D eigenvalue weighted by molar-refractivity contribution is -0.119. The van der Waals surface area contributed by atoms with Crippen LogP contribution in [0.2, 0.25) is 0 Å². The second-order valence-electron chi connectivity index (χ2n) is 7.14. The number of hydrogen-bond acceptors (Lipinski definition) is 9. The molecule has 13 heteroatoms. The number of halogens is 1. The van der Waals surface area contributed by atoms with Crippen LogP contribution in [0.5, 0.6) is 5.75 Å². The second-order valence-corrected chi connectivity index (χ2v) is 10.9. The van der Waals surface area contributed by atoms with Crippen LogP contribution in [0.1, 0.15) is 10.4 Å². The SMILES string of the molecule is COc1ccc2nc(NC(=O)COC(=O)c3ccc(Br)c(S(=O)(=O)N4CCOCC4)c3)sc2c1. The highest BCUT2D eigenvalue weighted by atomic mass is 79.9. The van der Waals surface area contributed by atoms with E-state index >= 15 is 0 Å². The first kappa shape index (κ1) is 24.5. The van der Waals surface area contributed by atoms with Gasteiger partial charge in [-0.3, -0.25) is 10.1 Å². The van der Waals surface area contributed by atoms with E-state index in [9.17, 15) is 18.0 Å². The van der Waals surface area contributed by atoms with Crippen LogP contribution in [0, 0.1) is 0 Å². The zero-order valence-corrected chi connectivity index (χ0v) is 21.2. The highest BCUT2D eigenvalue weighted by Gasteiger charge is 2.29. The number of fused-ring (bicyclic) bond motifs is 1. The number of aromatic nitrogens is 1. The number of amides is 1. The van der Waals surface area contributed by atoms with E-state index in [2.05, 4.69) is 26.2 Å². The van der Waals surface area contributed by atoms with Crippen LogP contribution in [-0.4, -0.2) is 69.6 Å². The number of sulfonamides is 1. The van der Waals surface area contributed by atoms with E-state index < -0.39 is 28.5 Å². The fourth-order valence-electron chi connectivity index (χ4n) is 3.21. The quantitative estimate of drug-likeness (QED) is 0.431. The van der Waals surface area contributed by atoms with Gasteiger partial charge in [0.15, 0.2) is 11.7 Å². The predicted octanol–water partition coefficient (Wildman–Crippen LogP) is 2.88. The summed E-state index contributed by atoms with van der Waals surface area (Å²) in [7, 11) is -2.27. The molecule has 0 bridgehead atoms. The topological polar surface area (TPSA) is 124 Å². The minimum atomic E-state index is -3.84. The Bertz CT molecular complexity index is 1340. The average Bonchev–Trinajstić information content (AvgIpc) is 3.24. The maximum atomic E-state index is 13.0. The molecule has 0 radical (unpaired) electrons. The molecule has 2 heterocycles. The number of rotatable bonds is 7. The third-order valence-corrected chi connectivity index (χ3v) is 8.76. The first-order chi connectivity index (χ1) is 16.3. The molecule has 180 valence electrons. The van der Waals surface area contributed by atoms with Crippen molar-refractivity contribution in [3.63, 3.8) is 0 Å². The minimum absolute atomic E-state index is 0.00918. The molecule has 1 fully saturated rings. The number of carbonyl (C=O) groups excluding carboxylic acids is 2. The van der Waals surface area contributed by atoms with Crippen LogP contribution in [0.25, 0.3) is 10.2 Å². The molecule has 0 aliphatic carbocycles. The molecule has 1 amide bonds. The Hall–Kier alpha value is -2.58. The standard InChI is InChI=1S/C21H20BrN3O7S2/c1-30-14-3-5-16-17(11-14)33-21(23-16)24-19(26)12-32-20(27)13-2-4-15(22)18(10-13)34(28,29)25-6-8-31-9-7-25/h2-5,10-11H,6-9,12H2,1H3,(H,23,24,26). The number of hydrogen-bond donors (Lipinski definition) is 1. The van der Waals surface area contributed by atoms with Gasteiger partial charge >= 0.3 is 5.97 Å². The van der Waals surface area contributed by atoms with Crippen LogP contribution < -0.4 is 10.1 Å². The summed E-state index contributed by atoms with van der Waals surface area (Å²) in [6, 6.07) is 9.45. The molecule has 0 atom stereocenters. The second kappa shape index (κ2) is 10.4. The van der Waals surface area contributed by atoms with E-state index in [0.29, 0.717) is 34.1 Å². The molecule has 1 aromatic heterocycles. The van der Waals surface area contributed by atoms with Gasteiger partial charge < -0.3 is 14.2 Å². The van der Waals surface area contributed by atoms with Crippen molar-refractivity contribution >= 4 is 64.5 Å². The summed E-state index contributed by atoms with van der Waals surface area (Å²) in [5, 5.41) is 2.95. The Morgan fingerprint density at radius 1 is 1.21 bits per heavy atom. The van der Waals surface area contributed by atoms with E-state index in [4.69, 9.17) is 14.2 Å². The lowest BCUT2D eigenvalue weighted by atomic mass is 10.2. The van der Waals surface area contributed by atoms with Gasteiger partial charge in [-0.15, -0.1) is 0 Å². The van der Waals surface area contributed by atoms with Gasteiger partial charge in [0, 0.05) is 17.6 Å². The zero-order valence-electron chi connectivity index (χ0n) is 17.9. The largest absolute Gasteiger partial charge is 0.497 e. The summed E-state index contributed by atoms with van der Waals surface area (Å²) in [5.41, 5.74) is 0.705. The molecule has 1 N–H and O–H groups in total. The number of ether oxygens (including phenoxy) is 3. The summed E-state index contributed by atoms with van der Waals surface area (Å²) < 4.78 is 43.9. The van der Waals surface area contributed by atoms with E-state index in [0.717, 1.165) is 4.70 Å². The minimum Gasteiger partial charge on any atom is -0.497 e. The Labute approximate surface area is 208 Å². The highest BCUT2D eigenvalue weighted by molar-refractivity contribution is 9.10. The first-order valence-corrected chi connectivity index (χ1v) is 13.1. The normalized spacial score (nSPS) is 14.6. The van der Waals surface area contributed by atoms with E-state index in [1.807, 2.05) is 0 Å². The molecule has 3 aromatic rings. The van der Waals surface area contributed by atoms with Gasteiger partial charge in [0.05, 0.1) is 41.0 Å². The fraction of sp³-hybridized carbons (Fsp3) is 0.286. The number of esters is 1. The van der Waals surface area contributed by atoms with Gasteiger partial charge in [0.1, 0.15) is 5.75 Å². The van der Waals surface area contributed by atoms with Gasteiger partial charge in [-0.25, -0.2) is 18.2 Å². The molecule has 0 saturated carbocycles. The van der Waals surface area contributed by atoms with Crippen LogP contribution in [-0.2, 0) is 24.3 Å². The molecule has 10 nitrogen and oxygen atoms in total. The van der Waals surface area contributed by atoms with Crippen LogP contribution in [0.4, 0.5) is 5.13 Å². The van der Waals surface area contributed by atoms with Gasteiger partial charge in [-0.1, -0.05) is 11.3 Å². The van der Waals surface area contributed by atoms with Crippen molar-refractivity contribution in [2.45, 2.75) is 4.90 Å². The predicted molar refractivity (Wildman–Crippen MR) is 129 cm³/mol. The number of carbonyl (C=O) groups is 2. The van der Waals surface area contributed by atoms with Crippen molar-refractivity contribution < 1.29 is 32.2 Å². The summed E-state index contributed by atoms with van der Waals surface area (Å²) in [6.45, 7) is 0.496. The Balaban J connectivity index is 1.41. The zero-order chi connectivity index (χ0) is 24.3. The molecule has 1 aliphatic heterocycles. The van der Waals surface area contributed by atoms with Gasteiger partial charge in [-0.2, -0.15) is 4.31 Å². The number of thiazole rings is 1. The van der Waals surface area contributed by atoms with Crippen molar-refractivity contribution in [2.24, 2.45) is 0 Å². The summed E-state index contributed by atoms with van der Waals surface area (Å²) in [4.78, 5) is 29.0. The molecule has 1 saturated heterocycles. The summed E-state index contributed by atoms with van der Waals surface area (Å²) in [5.74, 6) is -0.722. The maximum Gasteiger partial charge on any atom is 0.338 e. The Kier molecular flexibility index (Phi) is 7.48. The summed E-state index contributed by atoms with van der Waals surface area (Å²) in [6.07, 6.45) is 0. The fourth-order valence-corrected chi connectivity index (χ4v) is 6.48. The van der Waals surface area contributed by atoms with Crippen LogP contribution >= 0.6 is 27.3 Å². The lowest BCUT2D eigenvalue weighted by Gasteiger charge is -2.26. The molecular formula is C21H20BrN3O7S2. The van der Waals surface area contributed by atoms with Gasteiger partial charge in [0.2, 0.25) is 10.0 Å². The smallest absolute Gasteiger partial charge is 0.338 e. The van der Waals surface area contributed by atoms with Crippen molar-refractivity contribution in [1.82, 2.24) is 9.29 Å². The molecule has 0 spiro atoms. The first-order valence-electron chi connectivity index (χ1n) is 10.1. The van der Waals surface area contributed by atoms with E-state index in [-0.39, 0.29) is 23.5 Å². The third kappa shape index (κ3) is 5.39. The third-order valence-electron chi connectivity index (χ3n) is 4.93. The van der Waals surface area contributed by atoms with Crippen molar-refractivity contribution in [1.29, 1.82) is 0 Å². The molecule has 2 aromatic carbocycles. The summed E-state index contributed by atoms with van der Waals surface area (Å²) >= 11 is 4.49. The lowest BCUT2D eigenvalue weighted by Crippen LogP contribution is -2.40. The number of methoxy groups -OCH3 is 1. The number of nitrogens with one attached hydrogen (secondary N) is 1. The van der Waals surface area contributed by atoms with Crippen molar-refractivity contribution in [2.75, 3.05) is 45.3 Å². The molecule has 0 unspecified atom stereocenters. The van der Waals surface area contributed by atoms with Crippen LogP contribution in [0.3, 0.4) is 0 Å². The van der Waals surface area contributed by atoms with E-state index in [1.165, 1.54) is 33.8 Å². The highest BCUT2D eigenvalue weighted by Crippen LogP contribution is 2.29. The van der Waals surface area contributed by atoms with Gasteiger partial charge in [-0.05, 0) is 52.3 Å².